The molecule has 4 unspecified atom stereocenters. The molecule has 4 saturated heterocycles. The van der Waals surface area contributed by atoms with E-state index in [-0.39, 0.29) is 144 Å². The number of hydrogen-bond donors (Lipinski definition) is 11. The highest BCUT2D eigenvalue weighted by Crippen LogP contribution is 2.23. The molecule has 0 saturated carbocycles. The Labute approximate surface area is 468 Å². The Bertz CT molecular complexity index is 2240. The highest BCUT2D eigenvalue weighted by Gasteiger charge is 2.34. The van der Waals surface area contributed by atoms with Crippen molar-refractivity contribution in [3.8, 4) is 0 Å². The number of hydrogen-bond acceptors (Lipinski definition) is 19. The quantitative estimate of drug-likeness (QED) is 0.0227. The number of imide groups is 4. The SMILES string of the molecule is CCNC(=O)[C@H](CCCCNC(=O)[C@H](CCCCNC(=O)CCSC1CC(=O)NC1=O)NC(=O)CCSC1CC(=O)NC1=O)NC(=O)[C@H](CCCCNC(=O)CCSC1CC(=O)NC1=O)NC(=O)CCSC1CC(=O)NC1=O. The van der Waals surface area contributed by atoms with E-state index in [9.17, 15) is 71.9 Å². The molecule has 4 fully saturated rings. The van der Waals surface area contributed by atoms with E-state index in [1.54, 1.807) is 6.92 Å². The van der Waals surface area contributed by atoms with Crippen LogP contribution in [-0.2, 0) is 71.9 Å². The average Bonchev–Trinajstić information content (AvgIpc) is 4.10. The Balaban J connectivity index is 1.26. The molecule has 11 N–H and O–H groups in total. The highest BCUT2D eigenvalue weighted by atomic mass is 32.2. The van der Waals surface area contributed by atoms with Gasteiger partial charge < -0.3 is 37.2 Å². The maximum absolute atomic E-state index is 13.9. The van der Waals surface area contributed by atoms with Gasteiger partial charge >= 0.3 is 0 Å². The van der Waals surface area contributed by atoms with Crippen molar-refractivity contribution >= 4 is 136 Å². The molecular weight excluding hydrogens is 1100 g/mol. The number of nitrogens with one attached hydrogen (secondary N) is 11. The Morgan fingerprint density at radius 1 is 0.397 bits per heavy atom. The minimum Gasteiger partial charge on any atom is -0.356 e. The van der Waals surface area contributed by atoms with Gasteiger partial charge in [0.05, 0.1) is 21.0 Å². The molecule has 4 aliphatic rings. The minimum absolute atomic E-state index is 0.00435. The van der Waals surface area contributed by atoms with Gasteiger partial charge in [0.25, 0.3) is 0 Å². The molecule has 432 valence electrons. The van der Waals surface area contributed by atoms with E-state index in [4.69, 9.17) is 0 Å². The molecule has 0 bridgehead atoms. The number of unbranched alkanes of at least 4 members (excludes halogenated alkanes) is 3. The van der Waals surface area contributed by atoms with Crippen LogP contribution in [0.4, 0.5) is 0 Å². The van der Waals surface area contributed by atoms with Crippen molar-refractivity contribution in [2.45, 2.75) is 155 Å². The normalized spacial score (nSPS) is 20.0. The Hall–Kier alpha value is -5.75. The fraction of sp³-hybridized carbons (Fsp3) is 0.688. The van der Waals surface area contributed by atoms with Gasteiger partial charge in [0.2, 0.25) is 88.6 Å². The third kappa shape index (κ3) is 24.5. The monoisotopic (exact) mass is 1170 g/mol. The first-order chi connectivity index (χ1) is 37.3. The summed E-state index contributed by atoms with van der Waals surface area (Å²) in [4.78, 5) is 185. The van der Waals surface area contributed by atoms with Crippen LogP contribution in [0, 0.1) is 0 Å². The number of carbonyl (C=O) groups excluding carboxylic acids is 15. The van der Waals surface area contributed by atoms with E-state index in [0.29, 0.717) is 50.0 Å². The second-order valence-electron chi connectivity index (χ2n) is 18.6. The Morgan fingerprint density at radius 3 is 1.01 bits per heavy atom. The predicted octanol–water partition coefficient (Wildman–Crippen LogP) is -2.41. The van der Waals surface area contributed by atoms with Gasteiger partial charge in [-0.1, -0.05) is 0 Å². The lowest BCUT2D eigenvalue weighted by molar-refractivity contribution is -0.132. The fourth-order valence-corrected chi connectivity index (χ4v) is 12.4. The van der Waals surface area contributed by atoms with E-state index in [2.05, 4.69) is 58.5 Å². The summed E-state index contributed by atoms with van der Waals surface area (Å²) in [6.07, 6.45) is 3.14. The molecule has 15 amide bonds. The largest absolute Gasteiger partial charge is 0.356 e. The van der Waals surface area contributed by atoms with Gasteiger partial charge in [-0.2, -0.15) is 0 Å². The summed E-state index contributed by atoms with van der Waals surface area (Å²) < 4.78 is 0. The van der Waals surface area contributed by atoms with Crippen LogP contribution < -0.4 is 58.5 Å². The van der Waals surface area contributed by atoms with Crippen LogP contribution in [0.25, 0.3) is 0 Å². The van der Waals surface area contributed by atoms with Crippen LogP contribution in [-0.4, -0.2) is 177 Å². The third-order valence-electron chi connectivity index (χ3n) is 12.3. The molecule has 4 rings (SSSR count). The predicted molar refractivity (Wildman–Crippen MR) is 290 cm³/mol. The third-order valence-corrected chi connectivity index (χ3v) is 17.2. The Kier molecular flexibility index (Phi) is 29.1. The van der Waals surface area contributed by atoms with Crippen molar-refractivity contribution in [3.05, 3.63) is 0 Å². The van der Waals surface area contributed by atoms with E-state index in [1.165, 1.54) is 23.5 Å². The van der Waals surface area contributed by atoms with Crippen LogP contribution >= 0.6 is 47.0 Å². The topological polar surface area (TPSA) is 388 Å². The number of carbonyl (C=O) groups is 15. The number of amides is 15. The first-order valence-electron chi connectivity index (χ1n) is 26.1. The lowest BCUT2D eigenvalue weighted by atomic mass is 10.0. The summed E-state index contributed by atoms with van der Waals surface area (Å²) in [5, 5.41) is 26.0. The standard InChI is InChI=1S/C48H71N11O15S4/c1-2-49-42(68)28(55-44(70)29(54-37(63)15-22-78-33-26-41(67)59-48(33)74)11-4-7-17-51-35(61)13-20-76-31-24-39(65)57-46(31)72)10-5-8-18-52-43(69)27(53-36(62)14-21-77-32-25-40(66)58-47(32)73)9-3-6-16-50-34(60)12-19-75-30-23-38(64)56-45(30)71/h27-33H,2-26H2,1H3,(H,49,68)(H,50,60)(H,51,61)(H,52,69)(H,53,62)(H,54,63)(H,55,70)(H,56,64,71)(H,57,65,72)(H,58,66,73)(H,59,67,74)/t27-,28-,29-,30?,31?,32?,33?/m0/s1. The number of rotatable bonds is 38. The van der Waals surface area contributed by atoms with Crippen molar-refractivity contribution in [1.29, 1.82) is 0 Å². The lowest BCUT2D eigenvalue weighted by Crippen LogP contribution is -2.53. The number of thioether (sulfide) groups is 4. The molecule has 30 heteroatoms. The van der Waals surface area contributed by atoms with Crippen LogP contribution in [0.5, 0.6) is 0 Å². The maximum atomic E-state index is 13.9. The van der Waals surface area contributed by atoms with Gasteiger partial charge in [0.1, 0.15) is 18.1 Å². The summed E-state index contributed by atoms with van der Waals surface area (Å²) in [5.41, 5.74) is 0. The molecular formula is C48H71N11O15S4. The highest BCUT2D eigenvalue weighted by molar-refractivity contribution is 8.01. The molecule has 0 aromatic carbocycles. The number of likely N-dealkylation sites (N-methyl/N-ethyl adjacent to an activating group) is 1. The van der Waals surface area contributed by atoms with Crippen LogP contribution in [0.1, 0.15) is 116 Å². The molecule has 26 nitrogen and oxygen atoms in total. The Morgan fingerprint density at radius 2 is 0.692 bits per heavy atom. The molecule has 0 spiro atoms. The van der Waals surface area contributed by atoms with Gasteiger partial charge in [-0.3, -0.25) is 93.2 Å². The summed E-state index contributed by atoms with van der Waals surface area (Å²) in [7, 11) is 0. The molecule has 0 aliphatic carbocycles. The van der Waals surface area contributed by atoms with Gasteiger partial charge in [0.15, 0.2) is 0 Å². The van der Waals surface area contributed by atoms with Crippen molar-refractivity contribution < 1.29 is 71.9 Å². The lowest BCUT2D eigenvalue weighted by Gasteiger charge is -2.23. The summed E-state index contributed by atoms with van der Waals surface area (Å²) in [5.74, 6) is -5.10. The zero-order valence-electron chi connectivity index (χ0n) is 43.5. The van der Waals surface area contributed by atoms with Crippen molar-refractivity contribution in [3.63, 3.8) is 0 Å². The second-order valence-corrected chi connectivity index (χ2v) is 23.8. The molecule has 78 heavy (non-hydrogen) atoms. The van der Waals surface area contributed by atoms with Crippen molar-refractivity contribution in [2.24, 2.45) is 0 Å². The zero-order chi connectivity index (χ0) is 57.0. The van der Waals surface area contributed by atoms with Crippen molar-refractivity contribution in [2.75, 3.05) is 49.2 Å². The van der Waals surface area contributed by atoms with Gasteiger partial charge in [-0.25, -0.2) is 0 Å². The average molecular weight is 1170 g/mol. The van der Waals surface area contributed by atoms with Gasteiger partial charge in [-0.15, -0.1) is 47.0 Å². The summed E-state index contributed by atoms with van der Waals surface area (Å²) in [6.45, 7) is 2.63. The van der Waals surface area contributed by atoms with Crippen LogP contribution in [0.15, 0.2) is 0 Å². The first kappa shape index (κ1) is 64.8. The van der Waals surface area contributed by atoms with E-state index < -0.39 is 92.3 Å². The molecule has 7 atom stereocenters. The summed E-state index contributed by atoms with van der Waals surface area (Å²) >= 11 is 4.74. The van der Waals surface area contributed by atoms with E-state index >= 15 is 0 Å². The second kappa shape index (κ2) is 35.0. The molecule has 0 aromatic heterocycles. The molecule has 4 aliphatic heterocycles. The van der Waals surface area contributed by atoms with Crippen LogP contribution in [0.3, 0.4) is 0 Å². The molecule has 0 radical (unpaired) electrons. The van der Waals surface area contributed by atoms with Gasteiger partial charge in [-0.05, 0) is 64.7 Å². The van der Waals surface area contributed by atoms with E-state index in [0.717, 1.165) is 23.5 Å². The molecule has 4 heterocycles. The zero-order valence-corrected chi connectivity index (χ0v) is 46.7. The smallest absolute Gasteiger partial charge is 0.243 e. The summed E-state index contributed by atoms with van der Waals surface area (Å²) in [6, 6.07) is -3.10. The minimum atomic E-state index is -1.10. The first-order valence-corrected chi connectivity index (χ1v) is 30.3. The van der Waals surface area contributed by atoms with Gasteiger partial charge in [0, 0.05) is 101 Å². The molecule has 0 aromatic rings. The van der Waals surface area contributed by atoms with Crippen molar-refractivity contribution in [1.82, 2.24) is 58.5 Å². The maximum Gasteiger partial charge on any atom is 0.243 e. The fourth-order valence-electron chi connectivity index (χ4n) is 8.13. The van der Waals surface area contributed by atoms with Crippen LogP contribution in [0.2, 0.25) is 0 Å². The van der Waals surface area contributed by atoms with E-state index in [1.807, 2.05) is 0 Å².